The number of aliphatic hydroxyl groups is 1. The number of aromatic nitrogens is 3. The fourth-order valence-electron chi connectivity index (χ4n) is 2.96. The Bertz CT molecular complexity index is 932. The Morgan fingerprint density at radius 3 is 2.70 bits per heavy atom. The summed E-state index contributed by atoms with van der Waals surface area (Å²) in [5, 5.41) is 13.0. The number of pyridine rings is 1. The summed E-state index contributed by atoms with van der Waals surface area (Å²) < 4.78 is 26.6. The first-order valence-electron chi connectivity index (χ1n) is 9.11. The zero-order chi connectivity index (χ0) is 19.7. The molecule has 1 fully saturated rings. The molecule has 1 atom stereocenters. The minimum absolute atomic E-state index is 0.0149. The van der Waals surface area contributed by atoms with Crippen LogP contribution in [0.2, 0.25) is 0 Å². The average molecular weight is 395 g/mol. The first-order valence-corrected chi connectivity index (χ1v) is 10.6. The van der Waals surface area contributed by atoms with Crippen LogP contribution in [0.25, 0.3) is 11.0 Å². The highest BCUT2D eigenvalue weighted by Gasteiger charge is 2.30. The number of hydrogen-bond acceptors (Lipinski definition) is 8. The van der Waals surface area contributed by atoms with Crippen molar-refractivity contribution in [3.05, 3.63) is 12.3 Å². The van der Waals surface area contributed by atoms with Crippen LogP contribution in [0.3, 0.4) is 0 Å². The first kappa shape index (κ1) is 19.7. The van der Waals surface area contributed by atoms with Crippen LogP contribution in [0.1, 0.15) is 39.5 Å². The van der Waals surface area contributed by atoms with Gasteiger partial charge < -0.3 is 16.2 Å². The molecule has 0 saturated carbocycles. The molecule has 1 aliphatic rings. The van der Waals surface area contributed by atoms with Crippen molar-refractivity contribution < 1.29 is 13.5 Å². The van der Waals surface area contributed by atoms with E-state index in [0.717, 1.165) is 25.7 Å². The molecule has 3 rings (SSSR count). The second kappa shape index (κ2) is 7.53. The van der Waals surface area contributed by atoms with E-state index in [9.17, 15) is 13.5 Å². The largest absolute Gasteiger partial charge is 0.394 e. The van der Waals surface area contributed by atoms with Gasteiger partial charge in [-0.15, -0.1) is 0 Å². The van der Waals surface area contributed by atoms with Crippen molar-refractivity contribution in [2.24, 2.45) is 0 Å². The Balaban J connectivity index is 2.00. The second-order valence-corrected chi connectivity index (χ2v) is 9.11. The highest BCUT2D eigenvalue weighted by molar-refractivity contribution is 7.89. The molecule has 148 valence electrons. The number of unbranched alkanes of at least 4 members (excludes halogenated alkanes) is 1. The third-order valence-electron chi connectivity index (χ3n) is 4.83. The van der Waals surface area contributed by atoms with E-state index < -0.39 is 15.6 Å². The van der Waals surface area contributed by atoms with Gasteiger partial charge in [-0.1, -0.05) is 19.8 Å². The molecule has 0 spiro atoms. The molecular formula is C17H26N6O3S. The maximum absolute atomic E-state index is 12.6. The van der Waals surface area contributed by atoms with Crippen LogP contribution in [0, 0.1) is 0 Å². The van der Waals surface area contributed by atoms with E-state index in [1.807, 2.05) is 6.92 Å². The smallest absolute Gasteiger partial charge is 0.244 e. The topological polar surface area (TPSA) is 134 Å². The summed E-state index contributed by atoms with van der Waals surface area (Å²) >= 11 is 0. The van der Waals surface area contributed by atoms with Crippen LogP contribution in [0.5, 0.6) is 0 Å². The highest BCUT2D eigenvalue weighted by atomic mass is 32.2. The lowest BCUT2D eigenvalue weighted by atomic mass is 9.96. The van der Waals surface area contributed by atoms with Gasteiger partial charge in [-0.25, -0.2) is 18.4 Å². The second-order valence-electron chi connectivity index (χ2n) is 7.17. The summed E-state index contributed by atoms with van der Waals surface area (Å²) in [5.74, 6) is 0.402. The van der Waals surface area contributed by atoms with Crippen molar-refractivity contribution >= 4 is 32.8 Å². The molecule has 0 unspecified atom stereocenters. The van der Waals surface area contributed by atoms with Gasteiger partial charge in [-0.05, 0) is 25.8 Å². The lowest BCUT2D eigenvalue weighted by Crippen LogP contribution is -2.41. The van der Waals surface area contributed by atoms with E-state index in [1.54, 1.807) is 0 Å². The van der Waals surface area contributed by atoms with Crippen LogP contribution in [-0.2, 0) is 10.0 Å². The summed E-state index contributed by atoms with van der Waals surface area (Å²) in [6.45, 7) is 4.93. The Morgan fingerprint density at radius 1 is 1.37 bits per heavy atom. The summed E-state index contributed by atoms with van der Waals surface area (Å²) in [6.07, 6.45) is 4.87. The zero-order valence-electron chi connectivity index (χ0n) is 15.6. The molecular weight excluding hydrogens is 368 g/mol. The summed E-state index contributed by atoms with van der Waals surface area (Å²) in [7, 11) is -3.56. The third-order valence-corrected chi connectivity index (χ3v) is 6.70. The number of anilines is 2. The number of rotatable bonds is 8. The molecule has 10 heteroatoms. The fourth-order valence-corrected chi connectivity index (χ4v) is 4.44. The maximum atomic E-state index is 12.6. The number of nitrogens with two attached hydrogens (primary N) is 1. The van der Waals surface area contributed by atoms with Crippen molar-refractivity contribution in [3.8, 4) is 0 Å². The first-order chi connectivity index (χ1) is 12.8. The monoisotopic (exact) mass is 394 g/mol. The Labute approximate surface area is 159 Å². The predicted octanol–water partition coefficient (Wildman–Crippen LogP) is 1.35. The van der Waals surface area contributed by atoms with Gasteiger partial charge in [0.25, 0.3) is 0 Å². The van der Waals surface area contributed by atoms with Crippen molar-refractivity contribution in [1.29, 1.82) is 0 Å². The van der Waals surface area contributed by atoms with Crippen molar-refractivity contribution in [3.63, 3.8) is 0 Å². The molecule has 0 radical (unpaired) electrons. The molecule has 27 heavy (non-hydrogen) atoms. The van der Waals surface area contributed by atoms with Gasteiger partial charge in [0.1, 0.15) is 10.4 Å². The van der Waals surface area contributed by atoms with Crippen molar-refractivity contribution in [2.45, 2.75) is 50.0 Å². The van der Waals surface area contributed by atoms with E-state index in [4.69, 9.17) is 5.73 Å². The number of fused-ring (bicyclic) bond motifs is 1. The molecule has 0 aliphatic carbocycles. The minimum Gasteiger partial charge on any atom is -0.394 e. The molecule has 9 nitrogen and oxygen atoms in total. The van der Waals surface area contributed by atoms with E-state index in [2.05, 4.69) is 27.2 Å². The molecule has 2 aromatic rings. The number of sulfonamides is 1. The zero-order valence-corrected chi connectivity index (χ0v) is 16.5. The lowest BCUT2D eigenvalue weighted by molar-refractivity contribution is 0.212. The average Bonchev–Trinajstić information content (AvgIpc) is 2.57. The van der Waals surface area contributed by atoms with Gasteiger partial charge in [-0.2, -0.15) is 9.29 Å². The van der Waals surface area contributed by atoms with E-state index in [0.29, 0.717) is 29.9 Å². The normalized spacial score (nSPS) is 17.4. The van der Waals surface area contributed by atoms with Gasteiger partial charge >= 0.3 is 0 Å². The van der Waals surface area contributed by atoms with Crippen LogP contribution < -0.4 is 11.1 Å². The standard InChI is InChI=1S/C17H26N6O3S/c1-3-4-6-17(2,11-24)22-15-14-13(20-16(18)21-15)9-12(10-19-14)27(25,26)23-7-5-8-23/h9-10,24H,3-8,11H2,1-2H3,(H3,18,20,21,22)/t17-/m1/s1. The van der Waals surface area contributed by atoms with Gasteiger partial charge in [0.2, 0.25) is 16.0 Å². The van der Waals surface area contributed by atoms with E-state index in [1.165, 1.54) is 16.6 Å². The number of nitrogens with zero attached hydrogens (tertiary/aromatic N) is 4. The molecule has 0 bridgehead atoms. The molecule has 0 amide bonds. The van der Waals surface area contributed by atoms with Crippen molar-refractivity contribution in [2.75, 3.05) is 30.7 Å². The van der Waals surface area contributed by atoms with Gasteiger partial charge in [0.15, 0.2) is 5.82 Å². The molecule has 1 aliphatic heterocycles. The number of nitrogen functional groups attached to an aromatic ring is 1. The Morgan fingerprint density at radius 2 is 2.11 bits per heavy atom. The fraction of sp³-hybridized carbons (Fsp3) is 0.588. The van der Waals surface area contributed by atoms with Gasteiger partial charge in [0.05, 0.1) is 17.7 Å². The molecule has 4 N–H and O–H groups in total. The van der Waals surface area contributed by atoms with Crippen LogP contribution in [0.4, 0.5) is 11.8 Å². The number of aliphatic hydroxyl groups excluding tert-OH is 1. The molecule has 1 saturated heterocycles. The summed E-state index contributed by atoms with van der Waals surface area (Å²) in [5.41, 5.74) is 6.01. The van der Waals surface area contributed by atoms with E-state index >= 15 is 0 Å². The quantitative estimate of drug-likeness (QED) is 0.611. The molecule has 2 aromatic heterocycles. The number of hydrogen-bond donors (Lipinski definition) is 3. The van der Waals surface area contributed by atoms with Crippen LogP contribution >= 0.6 is 0 Å². The summed E-state index contributed by atoms with van der Waals surface area (Å²) in [4.78, 5) is 12.8. The maximum Gasteiger partial charge on any atom is 0.244 e. The minimum atomic E-state index is -3.56. The third kappa shape index (κ3) is 3.97. The molecule has 3 heterocycles. The van der Waals surface area contributed by atoms with Gasteiger partial charge in [0, 0.05) is 19.3 Å². The predicted molar refractivity (Wildman–Crippen MR) is 104 cm³/mol. The van der Waals surface area contributed by atoms with Crippen molar-refractivity contribution in [1.82, 2.24) is 19.3 Å². The summed E-state index contributed by atoms with van der Waals surface area (Å²) in [6, 6.07) is 1.47. The van der Waals surface area contributed by atoms with Gasteiger partial charge in [-0.3, -0.25) is 0 Å². The Hall–Kier alpha value is -2.04. The lowest BCUT2D eigenvalue weighted by Gasteiger charge is -2.30. The van der Waals surface area contributed by atoms with Crippen LogP contribution in [0.15, 0.2) is 17.2 Å². The number of nitrogens with one attached hydrogen (secondary N) is 1. The molecule has 0 aromatic carbocycles. The van der Waals surface area contributed by atoms with Crippen LogP contribution in [-0.4, -0.2) is 58.0 Å². The van der Waals surface area contributed by atoms with E-state index in [-0.39, 0.29) is 17.5 Å². The highest BCUT2D eigenvalue weighted by Crippen LogP contribution is 2.28. The Kier molecular flexibility index (Phi) is 5.50. The SMILES string of the molecule is CCCC[C@](C)(CO)Nc1nc(N)nc2cc(S(=O)(=O)N3CCC3)cnc12.